The summed E-state index contributed by atoms with van der Waals surface area (Å²) < 4.78 is 6.09. The molecule has 0 saturated carbocycles. The molecular formula is C27H32Cl2N6O3. The van der Waals surface area contributed by atoms with E-state index in [0.29, 0.717) is 74.4 Å². The van der Waals surface area contributed by atoms with Crippen molar-refractivity contribution in [2.24, 2.45) is 0 Å². The highest BCUT2D eigenvalue weighted by Crippen LogP contribution is 2.41. The smallest absolute Gasteiger partial charge is 0.246 e. The maximum absolute atomic E-state index is 12.1. The summed E-state index contributed by atoms with van der Waals surface area (Å²) >= 11 is 12.7. The van der Waals surface area contributed by atoms with Crippen LogP contribution in [0.2, 0.25) is 10.0 Å². The van der Waals surface area contributed by atoms with Crippen molar-refractivity contribution < 1.29 is 14.6 Å². The van der Waals surface area contributed by atoms with Crippen LogP contribution < -0.4 is 14.5 Å². The van der Waals surface area contributed by atoms with Crippen molar-refractivity contribution in [3.63, 3.8) is 0 Å². The maximum Gasteiger partial charge on any atom is 0.246 e. The van der Waals surface area contributed by atoms with Gasteiger partial charge in [-0.05, 0) is 33.0 Å². The molecule has 2 aliphatic heterocycles. The van der Waals surface area contributed by atoms with Crippen molar-refractivity contribution >= 4 is 40.5 Å². The molecule has 202 valence electrons. The van der Waals surface area contributed by atoms with Gasteiger partial charge in [0.2, 0.25) is 11.8 Å². The summed E-state index contributed by atoms with van der Waals surface area (Å²) in [6.45, 7) is 8.13. The number of rotatable bonds is 8. The number of benzene rings is 1. The second kappa shape index (κ2) is 12.1. The second-order valence-corrected chi connectivity index (χ2v) is 10.4. The number of nitrogens with zero attached hydrogens (tertiary/aromatic N) is 6. The van der Waals surface area contributed by atoms with Gasteiger partial charge in [-0.2, -0.15) is 5.26 Å². The number of fused-ring (bicyclic) bond motifs is 1. The zero-order chi connectivity index (χ0) is 27.4. The molecule has 9 nitrogen and oxygen atoms in total. The summed E-state index contributed by atoms with van der Waals surface area (Å²) in [5.74, 6) is 0.251. The molecular weight excluding hydrogens is 527 g/mol. The van der Waals surface area contributed by atoms with Gasteiger partial charge in [-0.15, -0.1) is 0 Å². The first-order valence-electron chi connectivity index (χ1n) is 12.6. The molecule has 1 aromatic carbocycles. The van der Waals surface area contributed by atoms with Crippen LogP contribution in [0.1, 0.15) is 23.2 Å². The van der Waals surface area contributed by atoms with Crippen molar-refractivity contribution in [3.8, 4) is 17.7 Å². The number of phenolic OH excluding ortho intramolecular Hbond substituents is 1. The highest BCUT2D eigenvalue weighted by molar-refractivity contribution is 6.43. The molecule has 2 aliphatic rings. The highest BCUT2D eigenvalue weighted by Gasteiger charge is 2.31. The van der Waals surface area contributed by atoms with Gasteiger partial charge in [-0.3, -0.25) is 4.79 Å². The van der Waals surface area contributed by atoms with Crippen LogP contribution in [-0.4, -0.2) is 85.8 Å². The Labute approximate surface area is 233 Å². The lowest BCUT2D eigenvalue weighted by molar-refractivity contribution is -0.126. The van der Waals surface area contributed by atoms with Gasteiger partial charge < -0.3 is 29.4 Å². The fourth-order valence-corrected chi connectivity index (χ4v) is 5.35. The fraction of sp³-hybridized carbons (Fsp3) is 0.444. The number of hydrogen-bond donors (Lipinski definition) is 1. The summed E-state index contributed by atoms with van der Waals surface area (Å²) in [7, 11) is 4.00. The summed E-state index contributed by atoms with van der Waals surface area (Å²) in [6, 6.07) is 5.36. The number of ether oxygens (including phenoxy) is 1. The minimum atomic E-state index is -0.0934. The minimum Gasteiger partial charge on any atom is -0.508 e. The Balaban J connectivity index is 1.70. The first kappa shape index (κ1) is 27.8. The summed E-state index contributed by atoms with van der Waals surface area (Å²) in [6.07, 6.45) is 2.73. The molecule has 1 aromatic heterocycles. The third-order valence-electron chi connectivity index (χ3n) is 6.81. The van der Waals surface area contributed by atoms with Gasteiger partial charge in [-0.1, -0.05) is 29.8 Å². The minimum absolute atomic E-state index is 0.0329. The Morgan fingerprint density at radius 1 is 1.24 bits per heavy atom. The molecule has 1 saturated heterocycles. The Bertz CT molecular complexity index is 1250. The molecule has 1 fully saturated rings. The van der Waals surface area contributed by atoms with Crippen LogP contribution >= 0.6 is 23.2 Å². The van der Waals surface area contributed by atoms with Crippen LogP contribution in [0.3, 0.4) is 0 Å². The normalized spacial score (nSPS) is 15.3. The van der Waals surface area contributed by atoms with E-state index in [0.717, 1.165) is 29.9 Å². The average Bonchev–Trinajstić information content (AvgIpc) is 2.91. The Morgan fingerprint density at radius 3 is 2.63 bits per heavy atom. The van der Waals surface area contributed by atoms with Crippen molar-refractivity contribution in [2.75, 3.05) is 69.8 Å². The molecule has 0 spiro atoms. The highest BCUT2D eigenvalue weighted by atomic mass is 35.5. The molecule has 1 amide bonds. The lowest BCUT2D eigenvalue weighted by atomic mass is 9.97. The topological polar surface area (TPSA) is 96.2 Å². The van der Waals surface area contributed by atoms with Crippen LogP contribution in [0.4, 0.5) is 11.4 Å². The number of hydrogen-bond acceptors (Lipinski definition) is 8. The zero-order valence-electron chi connectivity index (χ0n) is 21.7. The maximum atomic E-state index is 12.1. The number of nitriles is 1. The SMILES string of the molecule is C=CC(=O)N1CCN(c2c(C#N)c(OCCCN(C)C)nc3c2CCN(c2cc(O)cc(Cl)c2Cl)C3)CC1. The third-order valence-corrected chi connectivity index (χ3v) is 7.60. The number of halogens is 2. The number of aromatic hydroxyl groups is 1. The van der Waals surface area contributed by atoms with E-state index in [-0.39, 0.29) is 16.7 Å². The Kier molecular flexibility index (Phi) is 8.87. The molecule has 4 rings (SSSR count). The van der Waals surface area contributed by atoms with E-state index < -0.39 is 0 Å². The van der Waals surface area contributed by atoms with Gasteiger partial charge in [0.15, 0.2) is 0 Å². The van der Waals surface area contributed by atoms with E-state index in [4.69, 9.17) is 32.9 Å². The van der Waals surface area contributed by atoms with Gasteiger partial charge in [0, 0.05) is 57.0 Å². The third kappa shape index (κ3) is 5.93. The number of amides is 1. The largest absolute Gasteiger partial charge is 0.508 e. The van der Waals surface area contributed by atoms with E-state index >= 15 is 0 Å². The molecule has 11 heteroatoms. The van der Waals surface area contributed by atoms with Gasteiger partial charge in [0.25, 0.3) is 0 Å². The van der Waals surface area contributed by atoms with Gasteiger partial charge >= 0.3 is 0 Å². The second-order valence-electron chi connectivity index (χ2n) is 9.63. The van der Waals surface area contributed by atoms with E-state index in [1.807, 2.05) is 19.0 Å². The van der Waals surface area contributed by atoms with E-state index in [1.165, 1.54) is 12.1 Å². The molecule has 0 radical (unpaired) electrons. The quantitative estimate of drug-likeness (QED) is 0.387. The summed E-state index contributed by atoms with van der Waals surface area (Å²) in [5, 5.41) is 21.0. The molecule has 2 aromatic rings. The van der Waals surface area contributed by atoms with Crippen LogP contribution in [0.5, 0.6) is 11.6 Å². The van der Waals surface area contributed by atoms with Crippen LogP contribution in [-0.2, 0) is 17.8 Å². The van der Waals surface area contributed by atoms with Crippen LogP contribution in [0, 0.1) is 11.3 Å². The lowest BCUT2D eigenvalue weighted by Crippen LogP contribution is -2.49. The van der Waals surface area contributed by atoms with E-state index in [9.17, 15) is 15.2 Å². The molecule has 0 atom stereocenters. The first-order chi connectivity index (χ1) is 18.2. The monoisotopic (exact) mass is 558 g/mol. The number of carbonyl (C=O) groups is 1. The van der Waals surface area contributed by atoms with Gasteiger partial charge in [0.05, 0.1) is 40.3 Å². The fourth-order valence-electron chi connectivity index (χ4n) is 4.91. The zero-order valence-corrected chi connectivity index (χ0v) is 23.2. The predicted molar refractivity (Wildman–Crippen MR) is 149 cm³/mol. The molecule has 0 unspecified atom stereocenters. The van der Waals surface area contributed by atoms with Crippen molar-refractivity contribution in [1.82, 2.24) is 14.8 Å². The number of anilines is 2. The number of aromatic nitrogens is 1. The molecule has 0 aliphatic carbocycles. The van der Waals surface area contributed by atoms with Crippen LogP contribution in [0.15, 0.2) is 24.8 Å². The Morgan fingerprint density at radius 2 is 1.97 bits per heavy atom. The molecule has 38 heavy (non-hydrogen) atoms. The van der Waals surface area contributed by atoms with Gasteiger partial charge in [0.1, 0.15) is 17.4 Å². The number of pyridine rings is 1. The molecule has 1 N–H and O–H groups in total. The van der Waals surface area contributed by atoms with Crippen molar-refractivity contribution in [3.05, 3.63) is 51.7 Å². The van der Waals surface area contributed by atoms with Crippen molar-refractivity contribution in [1.29, 1.82) is 5.26 Å². The first-order valence-corrected chi connectivity index (χ1v) is 13.3. The molecule has 0 bridgehead atoms. The molecule has 3 heterocycles. The summed E-state index contributed by atoms with van der Waals surface area (Å²) in [4.78, 5) is 25.0. The number of carbonyl (C=O) groups excluding carboxylic acids is 1. The average molecular weight is 559 g/mol. The predicted octanol–water partition coefficient (Wildman–Crippen LogP) is 3.69. The lowest BCUT2D eigenvalue weighted by Gasteiger charge is -2.39. The summed E-state index contributed by atoms with van der Waals surface area (Å²) in [5.41, 5.74) is 3.65. The van der Waals surface area contributed by atoms with Crippen molar-refractivity contribution in [2.45, 2.75) is 19.4 Å². The van der Waals surface area contributed by atoms with Gasteiger partial charge in [-0.25, -0.2) is 4.98 Å². The number of phenols is 1. The van der Waals surface area contributed by atoms with E-state index in [2.05, 4.69) is 22.4 Å². The van der Waals surface area contributed by atoms with E-state index in [1.54, 1.807) is 11.0 Å². The Hall–Kier alpha value is -3.19. The van der Waals surface area contributed by atoms with Crippen LogP contribution in [0.25, 0.3) is 0 Å². The standard InChI is InChI=1S/C27H32Cl2N6O3/c1-4-24(37)33-9-11-34(12-10-33)26-19-6-8-35(23-15-18(36)14-21(28)25(23)29)17-22(19)31-27(20(26)16-30)38-13-5-7-32(2)3/h4,14-15,36H,1,5-13,17H2,2-3H3. The number of piperazine rings is 1.